The molecule has 0 aliphatic carbocycles. The van der Waals surface area contributed by atoms with E-state index in [0.717, 1.165) is 5.56 Å². The molecule has 0 spiro atoms. The Labute approximate surface area is 151 Å². The molecule has 2 aromatic rings. The van der Waals surface area contributed by atoms with Gasteiger partial charge < -0.3 is 21.1 Å². The number of rotatable bonds is 8. The summed E-state index contributed by atoms with van der Waals surface area (Å²) >= 11 is 0. The van der Waals surface area contributed by atoms with Crippen LogP contribution in [0.15, 0.2) is 48.5 Å². The zero-order valence-corrected chi connectivity index (χ0v) is 14.5. The maximum atomic E-state index is 12.1. The zero-order chi connectivity index (χ0) is 18.9. The van der Waals surface area contributed by atoms with Crippen molar-refractivity contribution in [3.8, 4) is 5.75 Å². The first-order valence-corrected chi connectivity index (χ1v) is 8.08. The molecule has 2 rings (SSSR count). The number of carbonyl (C=O) groups excluding carboxylic acids is 3. The van der Waals surface area contributed by atoms with Crippen LogP contribution in [0.3, 0.4) is 0 Å². The molecule has 0 aliphatic rings. The SMILES string of the molecule is COc1ccccc1C(=O)NCCC(=O)Nc1ccc(CC(N)=O)cc1. The monoisotopic (exact) mass is 355 g/mol. The van der Waals surface area contributed by atoms with Crippen molar-refractivity contribution >= 4 is 23.4 Å². The van der Waals surface area contributed by atoms with Crippen LogP contribution in [0.25, 0.3) is 0 Å². The van der Waals surface area contributed by atoms with Crippen LogP contribution in [0.4, 0.5) is 5.69 Å². The molecule has 7 heteroatoms. The average molecular weight is 355 g/mol. The number of amides is 3. The quantitative estimate of drug-likeness (QED) is 0.666. The molecular weight excluding hydrogens is 334 g/mol. The van der Waals surface area contributed by atoms with Crippen molar-refractivity contribution in [2.24, 2.45) is 5.73 Å². The van der Waals surface area contributed by atoms with Crippen molar-refractivity contribution in [2.45, 2.75) is 12.8 Å². The molecule has 0 fully saturated rings. The fraction of sp³-hybridized carbons (Fsp3) is 0.211. The summed E-state index contributed by atoms with van der Waals surface area (Å²) in [6.07, 6.45) is 0.285. The van der Waals surface area contributed by atoms with Crippen molar-refractivity contribution in [2.75, 3.05) is 19.0 Å². The predicted molar refractivity (Wildman–Crippen MR) is 97.9 cm³/mol. The first-order valence-electron chi connectivity index (χ1n) is 8.08. The van der Waals surface area contributed by atoms with Crippen molar-refractivity contribution in [1.82, 2.24) is 5.32 Å². The Kier molecular flexibility index (Phi) is 6.73. The number of hydrogen-bond acceptors (Lipinski definition) is 4. The minimum absolute atomic E-state index is 0.129. The maximum Gasteiger partial charge on any atom is 0.255 e. The van der Waals surface area contributed by atoms with E-state index in [-0.39, 0.29) is 31.2 Å². The van der Waals surface area contributed by atoms with E-state index < -0.39 is 5.91 Å². The number of nitrogens with two attached hydrogens (primary N) is 1. The van der Waals surface area contributed by atoms with Gasteiger partial charge in [0.25, 0.3) is 5.91 Å². The summed E-state index contributed by atoms with van der Waals surface area (Å²) in [6, 6.07) is 13.7. The average Bonchev–Trinajstić information content (AvgIpc) is 2.62. The van der Waals surface area contributed by atoms with Crippen molar-refractivity contribution < 1.29 is 19.1 Å². The Morgan fingerprint density at radius 2 is 1.73 bits per heavy atom. The number of para-hydroxylation sites is 1. The van der Waals surface area contributed by atoms with Gasteiger partial charge in [-0.25, -0.2) is 0 Å². The van der Waals surface area contributed by atoms with Crippen LogP contribution in [0.1, 0.15) is 22.3 Å². The van der Waals surface area contributed by atoms with Gasteiger partial charge in [0, 0.05) is 18.7 Å². The minimum atomic E-state index is -0.410. The molecular formula is C19H21N3O4. The lowest BCUT2D eigenvalue weighted by molar-refractivity contribution is -0.117. The smallest absolute Gasteiger partial charge is 0.255 e. The number of nitrogens with one attached hydrogen (secondary N) is 2. The number of methoxy groups -OCH3 is 1. The molecule has 136 valence electrons. The summed E-state index contributed by atoms with van der Waals surface area (Å²) in [5.74, 6) is -0.461. The predicted octanol–water partition coefficient (Wildman–Crippen LogP) is 1.48. The van der Waals surface area contributed by atoms with Gasteiger partial charge in [-0.05, 0) is 29.8 Å². The van der Waals surface area contributed by atoms with E-state index >= 15 is 0 Å². The van der Waals surface area contributed by atoms with Crippen LogP contribution in [-0.4, -0.2) is 31.4 Å². The number of anilines is 1. The fourth-order valence-electron chi connectivity index (χ4n) is 2.35. The minimum Gasteiger partial charge on any atom is -0.496 e. The van der Waals surface area contributed by atoms with E-state index in [2.05, 4.69) is 10.6 Å². The lowest BCUT2D eigenvalue weighted by atomic mass is 10.1. The number of ether oxygens (including phenoxy) is 1. The summed E-state index contributed by atoms with van der Waals surface area (Å²) in [5.41, 5.74) is 6.94. The van der Waals surface area contributed by atoms with Crippen LogP contribution in [0, 0.1) is 0 Å². The first-order chi connectivity index (χ1) is 12.5. The standard InChI is InChI=1S/C19H21N3O4/c1-26-16-5-3-2-4-15(16)19(25)21-11-10-18(24)22-14-8-6-13(7-9-14)12-17(20)23/h2-9H,10-12H2,1H3,(H2,20,23)(H,21,25)(H,22,24). The molecule has 0 heterocycles. The van der Waals surface area contributed by atoms with Gasteiger partial charge in [0.2, 0.25) is 11.8 Å². The van der Waals surface area contributed by atoms with Crippen molar-refractivity contribution in [3.63, 3.8) is 0 Å². The van der Waals surface area contributed by atoms with Crippen LogP contribution in [0.5, 0.6) is 5.75 Å². The molecule has 2 aromatic carbocycles. The topological polar surface area (TPSA) is 111 Å². The highest BCUT2D eigenvalue weighted by Gasteiger charge is 2.11. The van der Waals surface area contributed by atoms with Gasteiger partial charge in [-0.15, -0.1) is 0 Å². The second-order valence-corrected chi connectivity index (χ2v) is 5.59. The Bertz CT molecular complexity index is 788. The third-order valence-electron chi connectivity index (χ3n) is 3.61. The summed E-state index contributed by atoms with van der Waals surface area (Å²) in [5, 5.41) is 5.42. The van der Waals surface area contributed by atoms with Crippen LogP contribution < -0.4 is 21.1 Å². The molecule has 0 saturated heterocycles. The van der Waals surface area contributed by atoms with Gasteiger partial charge >= 0.3 is 0 Å². The molecule has 3 amide bonds. The van der Waals surface area contributed by atoms with Gasteiger partial charge in [-0.2, -0.15) is 0 Å². The van der Waals surface area contributed by atoms with Crippen LogP contribution in [0.2, 0.25) is 0 Å². The normalized spacial score (nSPS) is 10.0. The Hall–Kier alpha value is -3.35. The number of carbonyl (C=O) groups is 3. The van der Waals surface area contributed by atoms with Crippen molar-refractivity contribution in [3.05, 3.63) is 59.7 Å². The van der Waals surface area contributed by atoms with Gasteiger partial charge in [0.05, 0.1) is 19.1 Å². The van der Waals surface area contributed by atoms with Gasteiger partial charge in [0.15, 0.2) is 0 Å². The van der Waals surface area contributed by atoms with E-state index in [1.54, 1.807) is 48.5 Å². The molecule has 0 aliphatic heterocycles. The van der Waals surface area contributed by atoms with Crippen molar-refractivity contribution in [1.29, 1.82) is 0 Å². The largest absolute Gasteiger partial charge is 0.496 e. The molecule has 26 heavy (non-hydrogen) atoms. The lowest BCUT2D eigenvalue weighted by Gasteiger charge is -2.09. The molecule has 7 nitrogen and oxygen atoms in total. The number of hydrogen-bond donors (Lipinski definition) is 3. The highest BCUT2D eigenvalue weighted by molar-refractivity contribution is 5.97. The third kappa shape index (κ3) is 5.62. The van der Waals surface area contributed by atoms with E-state index in [9.17, 15) is 14.4 Å². The Balaban J connectivity index is 1.80. The van der Waals surface area contributed by atoms with Gasteiger partial charge in [-0.3, -0.25) is 14.4 Å². The maximum absolute atomic E-state index is 12.1. The molecule has 0 unspecified atom stereocenters. The summed E-state index contributed by atoms with van der Waals surface area (Å²) in [7, 11) is 1.49. The molecule has 0 radical (unpaired) electrons. The lowest BCUT2D eigenvalue weighted by Crippen LogP contribution is -2.28. The summed E-state index contributed by atoms with van der Waals surface area (Å²) in [4.78, 5) is 34.9. The molecule has 0 atom stereocenters. The summed E-state index contributed by atoms with van der Waals surface area (Å²) < 4.78 is 5.14. The third-order valence-corrected chi connectivity index (χ3v) is 3.61. The highest BCUT2D eigenvalue weighted by atomic mass is 16.5. The molecule has 4 N–H and O–H groups in total. The fourth-order valence-corrected chi connectivity index (χ4v) is 2.35. The van der Waals surface area contributed by atoms with E-state index in [4.69, 9.17) is 10.5 Å². The Morgan fingerprint density at radius 3 is 2.38 bits per heavy atom. The number of primary amides is 1. The van der Waals surface area contributed by atoms with Crippen LogP contribution >= 0.6 is 0 Å². The second-order valence-electron chi connectivity index (χ2n) is 5.59. The highest BCUT2D eigenvalue weighted by Crippen LogP contribution is 2.16. The van der Waals surface area contributed by atoms with Crippen LogP contribution in [-0.2, 0) is 16.0 Å². The Morgan fingerprint density at radius 1 is 1.04 bits per heavy atom. The van der Waals surface area contributed by atoms with E-state index in [1.807, 2.05) is 0 Å². The van der Waals surface area contributed by atoms with Gasteiger partial charge in [-0.1, -0.05) is 24.3 Å². The number of benzene rings is 2. The van der Waals surface area contributed by atoms with E-state index in [0.29, 0.717) is 17.0 Å². The second kappa shape index (κ2) is 9.22. The first kappa shape index (κ1) is 19.0. The summed E-state index contributed by atoms with van der Waals surface area (Å²) in [6.45, 7) is 0.197. The molecule has 0 aromatic heterocycles. The van der Waals surface area contributed by atoms with E-state index in [1.165, 1.54) is 7.11 Å². The zero-order valence-electron chi connectivity index (χ0n) is 14.5. The van der Waals surface area contributed by atoms with Gasteiger partial charge in [0.1, 0.15) is 5.75 Å². The molecule has 0 saturated carbocycles. The molecule has 0 bridgehead atoms.